The van der Waals surface area contributed by atoms with Crippen molar-refractivity contribution < 1.29 is 9.90 Å². The molecule has 82 valence electrons. The van der Waals surface area contributed by atoms with Crippen molar-refractivity contribution in [2.24, 2.45) is 11.7 Å². The summed E-state index contributed by atoms with van der Waals surface area (Å²) in [6.07, 6.45) is 2.34. The summed E-state index contributed by atoms with van der Waals surface area (Å²) in [6.45, 7) is 0. The Balaban J connectivity index is 2.46. The van der Waals surface area contributed by atoms with Gasteiger partial charge >= 0.3 is 5.97 Å². The molecule has 1 rings (SSSR count). The Bertz CT molecular complexity index is 203. The fourth-order valence-corrected chi connectivity index (χ4v) is 2.92. The van der Waals surface area contributed by atoms with Crippen LogP contribution in [-0.2, 0) is 4.79 Å². The van der Waals surface area contributed by atoms with Crippen LogP contribution in [0.15, 0.2) is 0 Å². The van der Waals surface area contributed by atoms with Gasteiger partial charge in [-0.05, 0) is 25.2 Å². The molecule has 14 heavy (non-hydrogen) atoms. The molecule has 0 aliphatic heterocycles. The smallest absolute Gasteiger partial charge is 0.304 e. The first-order chi connectivity index (χ1) is 6.49. The molecule has 1 aliphatic carbocycles. The highest BCUT2D eigenvalue weighted by Crippen LogP contribution is 2.33. The van der Waals surface area contributed by atoms with Gasteiger partial charge in [-0.25, -0.2) is 0 Å². The molecule has 1 saturated carbocycles. The van der Waals surface area contributed by atoms with E-state index in [0.717, 1.165) is 19.3 Å². The largest absolute Gasteiger partial charge is 0.481 e. The van der Waals surface area contributed by atoms with Crippen molar-refractivity contribution in [3.63, 3.8) is 0 Å². The SMILES string of the molecule is NC(CC(=O)O)C1CC(Cl)CC(Cl)C1. The number of carboxylic acids is 1. The lowest BCUT2D eigenvalue weighted by molar-refractivity contribution is -0.137. The highest BCUT2D eigenvalue weighted by Gasteiger charge is 2.31. The number of nitrogens with two attached hydrogens (primary N) is 1. The predicted octanol–water partition coefficient (Wildman–Crippen LogP) is 1.80. The Morgan fingerprint density at radius 2 is 1.86 bits per heavy atom. The quantitative estimate of drug-likeness (QED) is 0.739. The molecule has 0 saturated heterocycles. The van der Waals surface area contributed by atoms with Crippen molar-refractivity contribution in [3.8, 4) is 0 Å². The van der Waals surface area contributed by atoms with E-state index in [1.807, 2.05) is 0 Å². The van der Waals surface area contributed by atoms with Crippen LogP contribution in [0.4, 0.5) is 0 Å². The van der Waals surface area contributed by atoms with Crippen molar-refractivity contribution in [1.29, 1.82) is 0 Å². The van der Waals surface area contributed by atoms with E-state index in [9.17, 15) is 4.79 Å². The second-order valence-electron chi connectivity index (χ2n) is 3.92. The average Bonchev–Trinajstić information content (AvgIpc) is 2.00. The van der Waals surface area contributed by atoms with Gasteiger partial charge in [0.25, 0.3) is 0 Å². The Morgan fingerprint density at radius 3 is 2.29 bits per heavy atom. The zero-order valence-corrected chi connectivity index (χ0v) is 9.34. The standard InChI is InChI=1S/C9H15Cl2NO2/c10-6-1-5(2-7(11)3-6)8(12)4-9(13)14/h5-8H,1-4,12H2,(H,13,14). The Kier molecular flexibility index (Phi) is 4.48. The van der Waals surface area contributed by atoms with Gasteiger partial charge in [-0.2, -0.15) is 0 Å². The highest BCUT2D eigenvalue weighted by atomic mass is 35.5. The third kappa shape index (κ3) is 3.64. The Hall–Kier alpha value is 0.01000. The van der Waals surface area contributed by atoms with Crippen LogP contribution in [0.1, 0.15) is 25.7 Å². The van der Waals surface area contributed by atoms with Crippen LogP contribution in [0.2, 0.25) is 0 Å². The van der Waals surface area contributed by atoms with Crippen molar-refractivity contribution in [2.75, 3.05) is 0 Å². The van der Waals surface area contributed by atoms with E-state index < -0.39 is 5.97 Å². The summed E-state index contributed by atoms with van der Waals surface area (Å²) in [6, 6.07) is -0.324. The number of hydrogen-bond acceptors (Lipinski definition) is 2. The maximum absolute atomic E-state index is 10.5. The monoisotopic (exact) mass is 239 g/mol. The number of carboxylic acid groups (broad SMARTS) is 1. The molecule has 0 spiro atoms. The number of aliphatic carboxylic acids is 1. The van der Waals surface area contributed by atoms with E-state index in [-0.39, 0.29) is 29.1 Å². The van der Waals surface area contributed by atoms with E-state index in [4.69, 9.17) is 34.0 Å². The minimum absolute atomic E-state index is 0.00210. The van der Waals surface area contributed by atoms with E-state index in [0.29, 0.717) is 0 Å². The third-order valence-electron chi connectivity index (χ3n) is 2.64. The maximum atomic E-state index is 10.5. The molecular formula is C9H15Cl2NO2. The summed E-state index contributed by atoms with van der Waals surface area (Å²) in [5.74, 6) is -0.717. The summed E-state index contributed by atoms with van der Waals surface area (Å²) in [4.78, 5) is 10.5. The van der Waals surface area contributed by atoms with Crippen LogP contribution < -0.4 is 5.73 Å². The highest BCUT2D eigenvalue weighted by molar-refractivity contribution is 6.23. The first-order valence-corrected chi connectivity index (χ1v) is 5.61. The summed E-state index contributed by atoms with van der Waals surface area (Å²) in [7, 11) is 0. The number of halogens is 2. The molecule has 5 heteroatoms. The van der Waals surface area contributed by atoms with Crippen LogP contribution in [0.5, 0.6) is 0 Å². The predicted molar refractivity (Wildman–Crippen MR) is 56.9 cm³/mol. The van der Waals surface area contributed by atoms with Crippen LogP contribution in [0.25, 0.3) is 0 Å². The molecule has 3 N–H and O–H groups in total. The second-order valence-corrected chi connectivity index (χ2v) is 5.16. The van der Waals surface area contributed by atoms with Crippen molar-refractivity contribution in [2.45, 2.75) is 42.5 Å². The van der Waals surface area contributed by atoms with Gasteiger partial charge in [-0.3, -0.25) is 4.79 Å². The van der Waals surface area contributed by atoms with Crippen molar-refractivity contribution >= 4 is 29.2 Å². The van der Waals surface area contributed by atoms with E-state index in [2.05, 4.69) is 0 Å². The zero-order valence-electron chi connectivity index (χ0n) is 7.83. The van der Waals surface area contributed by atoms with E-state index in [1.54, 1.807) is 0 Å². The minimum Gasteiger partial charge on any atom is -0.481 e. The van der Waals surface area contributed by atoms with Crippen LogP contribution in [0, 0.1) is 5.92 Å². The molecule has 0 heterocycles. The van der Waals surface area contributed by atoms with Crippen LogP contribution in [0.3, 0.4) is 0 Å². The molecule has 0 radical (unpaired) electrons. The molecule has 3 unspecified atom stereocenters. The zero-order chi connectivity index (χ0) is 10.7. The maximum Gasteiger partial charge on any atom is 0.304 e. The van der Waals surface area contributed by atoms with Crippen molar-refractivity contribution in [3.05, 3.63) is 0 Å². The van der Waals surface area contributed by atoms with Gasteiger partial charge in [0.15, 0.2) is 0 Å². The molecule has 0 bridgehead atoms. The summed E-state index contributed by atoms with van der Waals surface area (Å²) in [5, 5.41) is 8.68. The van der Waals surface area contributed by atoms with Crippen molar-refractivity contribution in [1.82, 2.24) is 0 Å². The lowest BCUT2D eigenvalue weighted by Gasteiger charge is -2.32. The molecular weight excluding hydrogens is 225 g/mol. The molecule has 0 aromatic carbocycles. The molecule has 0 aromatic heterocycles. The van der Waals surface area contributed by atoms with Gasteiger partial charge in [0, 0.05) is 16.8 Å². The second kappa shape index (κ2) is 5.19. The average molecular weight is 240 g/mol. The van der Waals surface area contributed by atoms with Gasteiger partial charge in [-0.15, -0.1) is 23.2 Å². The molecule has 3 nitrogen and oxygen atoms in total. The topological polar surface area (TPSA) is 63.3 Å². The molecule has 0 amide bonds. The number of hydrogen-bond donors (Lipinski definition) is 2. The fourth-order valence-electron chi connectivity index (χ4n) is 1.94. The van der Waals surface area contributed by atoms with Gasteiger partial charge < -0.3 is 10.8 Å². The van der Waals surface area contributed by atoms with Crippen LogP contribution >= 0.6 is 23.2 Å². The molecule has 0 aromatic rings. The van der Waals surface area contributed by atoms with E-state index in [1.165, 1.54) is 0 Å². The number of rotatable bonds is 3. The van der Waals surface area contributed by atoms with Gasteiger partial charge in [0.1, 0.15) is 0 Å². The van der Waals surface area contributed by atoms with Crippen LogP contribution in [-0.4, -0.2) is 27.9 Å². The van der Waals surface area contributed by atoms with Gasteiger partial charge in [0.2, 0.25) is 0 Å². The molecule has 3 atom stereocenters. The normalized spacial score (nSPS) is 35.2. The Labute approximate surface area is 93.6 Å². The first-order valence-electron chi connectivity index (χ1n) is 4.74. The first kappa shape index (κ1) is 12.1. The number of carbonyl (C=O) groups is 1. The Morgan fingerprint density at radius 1 is 1.36 bits per heavy atom. The third-order valence-corrected chi connectivity index (χ3v) is 3.36. The summed E-state index contributed by atoms with van der Waals surface area (Å²) >= 11 is 12.0. The summed E-state index contributed by atoms with van der Waals surface area (Å²) in [5.41, 5.74) is 5.78. The fraction of sp³-hybridized carbons (Fsp3) is 0.889. The van der Waals surface area contributed by atoms with Gasteiger partial charge in [-0.1, -0.05) is 0 Å². The lowest BCUT2D eigenvalue weighted by Crippen LogP contribution is -2.38. The minimum atomic E-state index is -0.861. The van der Waals surface area contributed by atoms with E-state index >= 15 is 0 Å². The molecule has 1 aliphatic rings. The summed E-state index contributed by atoms with van der Waals surface area (Å²) < 4.78 is 0. The van der Waals surface area contributed by atoms with Gasteiger partial charge in [0.05, 0.1) is 6.42 Å². The molecule has 1 fully saturated rings. The number of alkyl halides is 2. The lowest BCUT2D eigenvalue weighted by atomic mass is 9.82.